The summed E-state index contributed by atoms with van der Waals surface area (Å²) in [6.45, 7) is 6.28. The molecular formula is C21H27N3O3. The quantitative estimate of drug-likeness (QED) is 0.673. The minimum absolute atomic E-state index is 0.0967. The predicted molar refractivity (Wildman–Crippen MR) is 106 cm³/mol. The van der Waals surface area contributed by atoms with Crippen molar-refractivity contribution in [3.8, 4) is 5.75 Å². The van der Waals surface area contributed by atoms with E-state index in [4.69, 9.17) is 10.5 Å². The van der Waals surface area contributed by atoms with Gasteiger partial charge in [0, 0.05) is 12.1 Å². The number of amides is 2. The summed E-state index contributed by atoms with van der Waals surface area (Å²) in [5, 5.41) is 3.01. The maximum Gasteiger partial charge on any atom is 0.255 e. The Morgan fingerprint density at radius 1 is 1.07 bits per heavy atom. The lowest BCUT2D eigenvalue weighted by molar-refractivity contribution is -0.119. The molecule has 0 heterocycles. The highest BCUT2D eigenvalue weighted by Gasteiger charge is 2.19. The average molecular weight is 369 g/mol. The summed E-state index contributed by atoms with van der Waals surface area (Å²) in [6, 6.07) is 17.0. The van der Waals surface area contributed by atoms with Gasteiger partial charge < -0.3 is 15.8 Å². The molecular weight excluding hydrogens is 342 g/mol. The van der Waals surface area contributed by atoms with Crippen LogP contribution in [0, 0.1) is 0 Å². The maximum atomic E-state index is 12.6. The van der Waals surface area contributed by atoms with Crippen LogP contribution in [0.4, 0.5) is 0 Å². The lowest BCUT2D eigenvalue weighted by Crippen LogP contribution is -2.38. The fourth-order valence-corrected chi connectivity index (χ4v) is 2.97. The lowest BCUT2D eigenvalue weighted by Gasteiger charge is -2.30. The van der Waals surface area contributed by atoms with Crippen LogP contribution in [0.3, 0.4) is 0 Å². The summed E-state index contributed by atoms with van der Waals surface area (Å²) in [7, 11) is 0. The van der Waals surface area contributed by atoms with E-state index in [1.54, 1.807) is 24.3 Å². The number of nitrogens with one attached hydrogen (secondary N) is 1. The average Bonchev–Trinajstić information content (AvgIpc) is 2.70. The molecule has 0 bridgehead atoms. The van der Waals surface area contributed by atoms with E-state index in [-0.39, 0.29) is 18.6 Å². The molecule has 3 N–H and O–H groups in total. The summed E-state index contributed by atoms with van der Waals surface area (Å²) in [5.41, 5.74) is 6.72. The zero-order valence-electron chi connectivity index (χ0n) is 15.9. The molecule has 0 saturated heterocycles. The fourth-order valence-electron chi connectivity index (χ4n) is 2.97. The number of ether oxygens (including phenoxy) is 1. The molecule has 1 atom stereocenters. The van der Waals surface area contributed by atoms with Crippen LogP contribution in [-0.4, -0.2) is 43.0 Å². The van der Waals surface area contributed by atoms with Gasteiger partial charge in [-0.25, -0.2) is 0 Å². The molecule has 0 radical (unpaired) electrons. The Bertz CT molecular complexity index is 745. The van der Waals surface area contributed by atoms with Gasteiger partial charge >= 0.3 is 0 Å². The topological polar surface area (TPSA) is 84.7 Å². The maximum absolute atomic E-state index is 12.6. The van der Waals surface area contributed by atoms with Crippen LogP contribution in [0.1, 0.15) is 35.8 Å². The fraction of sp³-hybridized carbons (Fsp3) is 0.333. The number of carbonyl (C=O) groups excluding carboxylic acids is 2. The Morgan fingerprint density at radius 3 is 2.41 bits per heavy atom. The third kappa shape index (κ3) is 6.11. The van der Waals surface area contributed by atoms with E-state index in [0.29, 0.717) is 17.9 Å². The van der Waals surface area contributed by atoms with E-state index in [0.717, 1.165) is 13.1 Å². The van der Waals surface area contributed by atoms with Gasteiger partial charge in [0.05, 0.1) is 6.04 Å². The molecule has 0 fully saturated rings. The van der Waals surface area contributed by atoms with Crippen molar-refractivity contribution in [2.75, 3.05) is 26.2 Å². The number of likely N-dealkylation sites (N-methyl/N-ethyl adjacent to an activating group) is 1. The monoisotopic (exact) mass is 369 g/mol. The molecule has 2 rings (SSSR count). The number of nitrogens with zero attached hydrogens (tertiary/aromatic N) is 1. The summed E-state index contributed by atoms with van der Waals surface area (Å²) < 4.78 is 5.26. The second-order valence-electron chi connectivity index (χ2n) is 6.14. The van der Waals surface area contributed by atoms with Gasteiger partial charge in [-0.2, -0.15) is 0 Å². The third-order valence-electron chi connectivity index (χ3n) is 4.37. The Morgan fingerprint density at radius 2 is 1.78 bits per heavy atom. The smallest absolute Gasteiger partial charge is 0.255 e. The minimum atomic E-state index is -0.560. The van der Waals surface area contributed by atoms with Gasteiger partial charge in [-0.15, -0.1) is 0 Å². The van der Waals surface area contributed by atoms with E-state index < -0.39 is 5.91 Å². The molecule has 1 unspecified atom stereocenters. The third-order valence-corrected chi connectivity index (χ3v) is 4.37. The molecule has 0 aliphatic carbocycles. The highest BCUT2D eigenvalue weighted by atomic mass is 16.5. The van der Waals surface area contributed by atoms with Crippen LogP contribution in [0.25, 0.3) is 0 Å². The molecule has 2 aromatic carbocycles. The van der Waals surface area contributed by atoms with Crippen molar-refractivity contribution in [3.63, 3.8) is 0 Å². The first-order valence-corrected chi connectivity index (χ1v) is 9.13. The van der Waals surface area contributed by atoms with Crippen molar-refractivity contribution in [2.24, 2.45) is 5.73 Å². The molecule has 2 amide bonds. The molecule has 0 spiro atoms. The first-order valence-electron chi connectivity index (χ1n) is 9.13. The van der Waals surface area contributed by atoms with E-state index >= 15 is 0 Å². The molecule has 0 aliphatic heterocycles. The van der Waals surface area contributed by atoms with Crippen LogP contribution in [-0.2, 0) is 4.79 Å². The summed E-state index contributed by atoms with van der Waals surface area (Å²) >= 11 is 0. The summed E-state index contributed by atoms with van der Waals surface area (Å²) in [4.78, 5) is 25.7. The Hall–Kier alpha value is -2.86. The Balaban J connectivity index is 2.07. The van der Waals surface area contributed by atoms with Gasteiger partial charge in [0.15, 0.2) is 6.61 Å². The van der Waals surface area contributed by atoms with Crippen molar-refractivity contribution in [1.29, 1.82) is 0 Å². The normalized spacial score (nSPS) is 11.8. The van der Waals surface area contributed by atoms with Gasteiger partial charge in [-0.3, -0.25) is 14.5 Å². The SMILES string of the molecule is CCN(CC)C(CNC(=O)c1cccc(OCC(N)=O)c1)c1ccccc1. The van der Waals surface area contributed by atoms with Gasteiger partial charge in [0.1, 0.15) is 5.75 Å². The zero-order valence-corrected chi connectivity index (χ0v) is 15.9. The van der Waals surface area contributed by atoms with Gasteiger partial charge in [-0.1, -0.05) is 50.2 Å². The zero-order chi connectivity index (χ0) is 19.6. The lowest BCUT2D eigenvalue weighted by atomic mass is 10.0. The van der Waals surface area contributed by atoms with E-state index in [1.165, 1.54) is 5.56 Å². The molecule has 0 aromatic heterocycles. The molecule has 144 valence electrons. The van der Waals surface area contributed by atoms with E-state index in [1.807, 2.05) is 18.2 Å². The number of primary amides is 1. The number of nitrogens with two attached hydrogens (primary N) is 1. The highest BCUT2D eigenvalue weighted by Crippen LogP contribution is 2.20. The van der Waals surface area contributed by atoms with Gasteiger partial charge in [0.25, 0.3) is 11.8 Å². The summed E-state index contributed by atoms with van der Waals surface area (Å²) in [6.07, 6.45) is 0. The van der Waals surface area contributed by atoms with Crippen LogP contribution >= 0.6 is 0 Å². The Kier molecular flexibility index (Phi) is 7.82. The van der Waals surface area contributed by atoms with Crippen molar-refractivity contribution < 1.29 is 14.3 Å². The van der Waals surface area contributed by atoms with Crippen LogP contribution < -0.4 is 15.8 Å². The Labute approximate surface area is 160 Å². The molecule has 2 aromatic rings. The number of carbonyl (C=O) groups is 2. The molecule has 27 heavy (non-hydrogen) atoms. The van der Waals surface area contributed by atoms with Crippen molar-refractivity contribution in [3.05, 3.63) is 65.7 Å². The number of hydrogen-bond acceptors (Lipinski definition) is 4. The first kappa shape index (κ1) is 20.5. The summed E-state index contributed by atoms with van der Waals surface area (Å²) in [5.74, 6) is -0.313. The second kappa shape index (κ2) is 10.3. The van der Waals surface area contributed by atoms with Crippen LogP contribution in [0.5, 0.6) is 5.75 Å². The first-order chi connectivity index (χ1) is 13.0. The van der Waals surface area contributed by atoms with Crippen LogP contribution in [0.2, 0.25) is 0 Å². The van der Waals surface area contributed by atoms with Gasteiger partial charge in [0.2, 0.25) is 0 Å². The van der Waals surface area contributed by atoms with Crippen LogP contribution in [0.15, 0.2) is 54.6 Å². The van der Waals surface area contributed by atoms with E-state index in [2.05, 4.69) is 36.2 Å². The van der Waals surface area contributed by atoms with E-state index in [9.17, 15) is 9.59 Å². The molecule has 6 nitrogen and oxygen atoms in total. The standard InChI is InChI=1S/C21H27N3O3/c1-3-24(4-2)19(16-9-6-5-7-10-16)14-23-21(26)17-11-8-12-18(13-17)27-15-20(22)25/h5-13,19H,3-4,14-15H2,1-2H3,(H2,22,25)(H,23,26). The number of hydrogen-bond donors (Lipinski definition) is 2. The van der Waals surface area contributed by atoms with Crippen molar-refractivity contribution in [1.82, 2.24) is 10.2 Å². The molecule has 0 aliphatic rings. The molecule has 6 heteroatoms. The minimum Gasteiger partial charge on any atom is -0.484 e. The number of benzene rings is 2. The predicted octanol–water partition coefficient (Wildman–Crippen LogP) is 2.36. The number of rotatable bonds is 10. The highest BCUT2D eigenvalue weighted by molar-refractivity contribution is 5.94. The second-order valence-corrected chi connectivity index (χ2v) is 6.14. The molecule has 0 saturated carbocycles. The largest absolute Gasteiger partial charge is 0.484 e. The van der Waals surface area contributed by atoms with Crippen molar-refractivity contribution >= 4 is 11.8 Å². The van der Waals surface area contributed by atoms with Crippen molar-refractivity contribution in [2.45, 2.75) is 19.9 Å². The van der Waals surface area contributed by atoms with Gasteiger partial charge in [-0.05, 0) is 36.9 Å².